The number of aromatic nitrogens is 2. The SMILES string of the molecule is N#CC(=CC1CC1)C(=O)N1CC(n2ccc(-c3ccc(Oc4ccccc4)cc3)n2)C1. The monoisotopic (exact) mass is 410 g/mol. The number of rotatable bonds is 6. The van der Waals surface area contributed by atoms with Crippen molar-refractivity contribution in [3.63, 3.8) is 0 Å². The molecule has 1 saturated carbocycles. The first-order valence-corrected chi connectivity index (χ1v) is 10.5. The molecule has 2 heterocycles. The van der Waals surface area contributed by atoms with E-state index in [-0.39, 0.29) is 17.5 Å². The predicted molar refractivity (Wildman–Crippen MR) is 116 cm³/mol. The maximum atomic E-state index is 12.5. The second-order valence-electron chi connectivity index (χ2n) is 8.01. The number of amides is 1. The molecule has 1 saturated heterocycles. The topological polar surface area (TPSA) is 71.2 Å². The summed E-state index contributed by atoms with van der Waals surface area (Å²) < 4.78 is 7.75. The van der Waals surface area contributed by atoms with Crippen LogP contribution in [0.1, 0.15) is 18.9 Å². The van der Waals surface area contributed by atoms with E-state index in [2.05, 4.69) is 6.07 Å². The predicted octanol–water partition coefficient (Wildman–Crippen LogP) is 4.59. The Balaban J connectivity index is 1.20. The van der Waals surface area contributed by atoms with Crippen LogP contribution in [-0.4, -0.2) is 33.7 Å². The fourth-order valence-electron chi connectivity index (χ4n) is 3.63. The Morgan fingerprint density at radius 3 is 2.42 bits per heavy atom. The van der Waals surface area contributed by atoms with Crippen LogP contribution in [0.2, 0.25) is 0 Å². The van der Waals surface area contributed by atoms with Gasteiger partial charge in [0, 0.05) is 24.8 Å². The highest BCUT2D eigenvalue weighted by molar-refractivity contribution is 5.97. The average Bonchev–Trinajstić information content (AvgIpc) is 3.47. The summed E-state index contributed by atoms with van der Waals surface area (Å²) >= 11 is 0. The zero-order chi connectivity index (χ0) is 21.2. The van der Waals surface area contributed by atoms with Crippen molar-refractivity contribution in [3.05, 3.63) is 78.5 Å². The number of nitrogens with zero attached hydrogens (tertiary/aromatic N) is 4. The number of allylic oxidation sites excluding steroid dienone is 1. The van der Waals surface area contributed by atoms with E-state index in [0.29, 0.717) is 19.0 Å². The van der Waals surface area contributed by atoms with Crippen LogP contribution in [0.5, 0.6) is 11.5 Å². The molecule has 2 aliphatic rings. The second kappa shape index (κ2) is 8.11. The van der Waals surface area contributed by atoms with Gasteiger partial charge in [0.1, 0.15) is 23.1 Å². The number of nitriles is 1. The summed E-state index contributed by atoms with van der Waals surface area (Å²) in [7, 11) is 0. The Morgan fingerprint density at radius 2 is 1.74 bits per heavy atom. The first-order chi connectivity index (χ1) is 15.2. The quantitative estimate of drug-likeness (QED) is 0.440. The van der Waals surface area contributed by atoms with Crippen LogP contribution in [-0.2, 0) is 4.79 Å². The average molecular weight is 410 g/mol. The zero-order valence-corrected chi connectivity index (χ0v) is 17.0. The molecule has 0 bridgehead atoms. The number of carbonyl (C=O) groups excluding carboxylic acids is 1. The first kappa shape index (κ1) is 19.1. The van der Waals surface area contributed by atoms with Crippen LogP contribution < -0.4 is 4.74 Å². The van der Waals surface area contributed by atoms with E-state index in [9.17, 15) is 10.1 Å². The van der Waals surface area contributed by atoms with Crippen LogP contribution in [0.3, 0.4) is 0 Å². The van der Waals surface area contributed by atoms with Crippen molar-refractivity contribution in [3.8, 4) is 28.8 Å². The number of likely N-dealkylation sites (tertiary alicyclic amines) is 1. The van der Waals surface area contributed by atoms with Gasteiger partial charge >= 0.3 is 0 Å². The Kier molecular flexibility index (Phi) is 5.01. The fraction of sp³-hybridized carbons (Fsp3) is 0.240. The summed E-state index contributed by atoms with van der Waals surface area (Å²) in [5.74, 6) is 1.83. The number of benzene rings is 2. The van der Waals surface area contributed by atoms with Crippen molar-refractivity contribution in [2.24, 2.45) is 5.92 Å². The lowest BCUT2D eigenvalue weighted by atomic mass is 10.1. The summed E-state index contributed by atoms with van der Waals surface area (Å²) in [6.07, 6.45) is 5.93. The van der Waals surface area contributed by atoms with Crippen LogP contribution in [0.15, 0.2) is 78.5 Å². The molecule has 1 aliphatic carbocycles. The minimum Gasteiger partial charge on any atom is -0.457 e. The van der Waals surface area contributed by atoms with Gasteiger partial charge in [0.2, 0.25) is 0 Å². The molecule has 0 N–H and O–H groups in total. The normalized spacial score (nSPS) is 16.5. The highest BCUT2D eigenvalue weighted by atomic mass is 16.5. The van der Waals surface area contributed by atoms with E-state index in [1.165, 1.54) is 0 Å². The molecule has 154 valence electrons. The summed E-state index contributed by atoms with van der Waals surface area (Å²) in [6, 6.07) is 21.7. The van der Waals surface area contributed by atoms with Gasteiger partial charge < -0.3 is 9.64 Å². The lowest BCUT2D eigenvalue weighted by Gasteiger charge is -2.39. The minimum absolute atomic E-state index is 0.138. The maximum absolute atomic E-state index is 12.5. The van der Waals surface area contributed by atoms with Crippen LogP contribution in [0, 0.1) is 17.2 Å². The van der Waals surface area contributed by atoms with E-state index >= 15 is 0 Å². The Labute approximate surface area is 181 Å². The lowest BCUT2D eigenvalue weighted by Crippen LogP contribution is -2.51. The Hall–Kier alpha value is -3.85. The molecule has 31 heavy (non-hydrogen) atoms. The van der Waals surface area contributed by atoms with E-state index in [1.54, 1.807) is 4.90 Å². The smallest absolute Gasteiger partial charge is 0.264 e. The van der Waals surface area contributed by atoms with Gasteiger partial charge in [0.25, 0.3) is 5.91 Å². The van der Waals surface area contributed by atoms with E-state index < -0.39 is 0 Å². The van der Waals surface area contributed by atoms with Crippen molar-refractivity contribution in [2.75, 3.05) is 13.1 Å². The van der Waals surface area contributed by atoms with Gasteiger partial charge in [0.05, 0.1) is 11.7 Å². The van der Waals surface area contributed by atoms with Crippen LogP contribution in [0.25, 0.3) is 11.3 Å². The molecule has 0 atom stereocenters. The summed E-state index contributed by atoms with van der Waals surface area (Å²) in [5, 5.41) is 14.0. The van der Waals surface area contributed by atoms with Gasteiger partial charge in [-0.1, -0.05) is 24.3 Å². The highest BCUT2D eigenvalue weighted by Crippen LogP contribution is 2.32. The summed E-state index contributed by atoms with van der Waals surface area (Å²) in [4.78, 5) is 14.2. The third-order valence-corrected chi connectivity index (χ3v) is 5.64. The van der Waals surface area contributed by atoms with Gasteiger partial charge in [0.15, 0.2) is 0 Å². The zero-order valence-electron chi connectivity index (χ0n) is 17.0. The van der Waals surface area contributed by atoms with Gasteiger partial charge in [-0.15, -0.1) is 0 Å². The lowest BCUT2D eigenvalue weighted by molar-refractivity contribution is -0.132. The van der Waals surface area contributed by atoms with Crippen molar-refractivity contribution in [1.29, 1.82) is 5.26 Å². The molecule has 6 heteroatoms. The molecule has 1 aromatic heterocycles. The van der Waals surface area contributed by atoms with E-state index in [0.717, 1.165) is 35.6 Å². The van der Waals surface area contributed by atoms with Gasteiger partial charge in [-0.25, -0.2) is 0 Å². The first-order valence-electron chi connectivity index (χ1n) is 10.5. The van der Waals surface area contributed by atoms with E-state index in [1.807, 2.05) is 77.6 Å². The van der Waals surface area contributed by atoms with Gasteiger partial charge in [-0.3, -0.25) is 9.48 Å². The number of ether oxygens (including phenoxy) is 1. The van der Waals surface area contributed by atoms with E-state index in [4.69, 9.17) is 9.84 Å². The summed E-state index contributed by atoms with van der Waals surface area (Å²) in [6.45, 7) is 1.15. The third-order valence-electron chi connectivity index (χ3n) is 5.64. The molecule has 2 fully saturated rings. The standard InChI is InChI=1S/C25H22N4O2/c26-15-20(14-18-6-7-18)25(30)28-16-21(17-28)29-13-12-24(27-29)19-8-10-23(11-9-19)31-22-4-2-1-3-5-22/h1-5,8-14,18,21H,6-7,16-17H2. The number of carbonyl (C=O) groups is 1. The number of hydrogen-bond acceptors (Lipinski definition) is 4. The Morgan fingerprint density at radius 1 is 1.03 bits per heavy atom. The summed E-state index contributed by atoms with van der Waals surface area (Å²) in [5.41, 5.74) is 2.16. The van der Waals surface area contributed by atoms with Crippen molar-refractivity contribution in [2.45, 2.75) is 18.9 Å². The van der Waals surface area contributed by atoms with Crippen molar-refractivity contribution in [1.82, 2.24) is 14.7 Å². The van der Waals surface area contributed by atoms with Crippen molar-refractivity contribution >= 4 is 5.91 Å². The third kappa shape index (κ3) is 4.22. The van der Waals surface area contributed by atoms with Gasteiger partial charge in [-0.2, -0.15) is 10.4 Å². The number of hydrogen-bond donors (Lipinski definition) is 0. The maximum Gasteiger partial charge on any atom is 0.264 e. The molecule has 3 aromatic rings. The second-order valence-corrected chi connectivity index (χ2v) is 8.01. The molecule has 6 nitrogen and oxygen atoms in total. The highest BCUT2D eigenvalue weighted by Gasteiger charge is 2.34. The Bertz CT molecular complexity index is 1150. The fourth-order valence-corrected chi connectivity index (χ4v) is 3.63. The van der Waals surface area contributed by atoms with Gasteiger partial charge in [-0.05, 0) is 61.2 Å². The minimum atomic E-state index is -0.160. The largest absolute Gasteiger partial charge is 0.457 e. The molecule has 0 unspecified atom stereocenters. The van der Waals surface area contributed by atoms with Crippen LogP contribution >= 0.6 is 0 Å². The molecular formula is C25H22N4O2. The molecule has 5 rings (SSSR count). The number of para-hydroxylation sites is 1. The van der Waals surface area contributed by atoms with Crippen LogP contribution in [0.4, 0.5) is 0 Å². The molecular weight excluding hydrogens is 388 g/mol. The molecule has 1 amide bonds. The molecule has 1 aliphatic heterocycles. The van der Waals surface area contributed by atoms with Crippen molar-refractivity contribution < 1.29 is 9.53 Å². The molecule has 0 radical (unpaired) electrons. The molecule has 0 spiro atoms. The molecule has 2 aromatic carbocycles.